The Morgan fingerprint density at radius 1 is 1.15 bits per heavy atom. The second kappa shape index (κ2) is 13.4. The van der Waals surface area contributed by atoms with Crippen molar-refractivity contribution in [2.45, 2.75) is 85.1 Å². The Morgan fingerprint density at radius 3 is 2.54 bits per heavy atom. The van der Waals surface area contributed by atoms with E-state index in [1.165, 1.54) is 45.2 Å². The third-order valence-electron chi connectivity index (χ3n) is 6.16. The van der Waals surface area contributed by atoms with Crippen LogP contribution in [-0.4, -0.2) is 61.3 Å². The number of guanidine groups is 1. The molecule has 0 bridgehead atoms. The molecular weight excluding hydrogens is 324 g/mol. The summed E-state index contributed by atoms with van der Waals surface area (Å²) in [6.07, 6.45) is 9.49. The summed E-state index contributed by atoms with van der Waals surface area (Å²) in [5, 5.41) is 16.2. The van der Waals surface area contributed by atoms with Crippen molar-refractivity contribution in [3.8, 4) is 0 Å². The molecule has 1 atom stereocenters. The number of hydrogen-bond donors (Lipinski definition) is 3. The minimum atomic E-state index is 0.126. The van der Waals surface area contributed by atoms with Crippen LogP contribution < -0.4 is 10.6 Å². The quantitative estimate of drug-likeness (QED) is 0.281. The minimum Gasteiger partial charge on any atom is -0.396 e. The lowest BCUT2D eigenvalue weighted by Gasteiger charge is -2.33. The van der Waals surface area contributed by atoms with Gasteiger partial charge in [0.25, 0.3) is 0 Å². The third kappa shape index (κ3) is 8.26. The normalized spacial score (nSPS) is 19.6. The van der Waals surface area contributed by atoms with Crippen LogP contribution in [0.3, 0.4) is 0 Å². The van der Waals surface area contributed by atoms with Gasteiger partial charge in [0.05, 0.1) is 0 Å². The van der Waals surface area contributed by atoms with E-state index in [1.807, 2.05) is 0 Å². The first-order valence-corrected chi connectivity index (χ1v) is 11.0. The molecule has 0 amide bonds. The van der Waals surface area contributed by atoms with Gasteiger partial charge >= 0.3 is 0 Å². The number of nitrogens with zero attached hydrogens (tertiary/aromatic N) is 2. The number of rotatable bonds is 12. The zero-order chi connectivity index (χ0) is 19.3. The summed E-state index contributed by atoms with van der Waals surface area (Å²) in [5.41, 5.74) is 0.126. The highest BCUT2D eigenvalue weighted by molar-refractivity contribution is 5.79. The summed E-state index contributed by atoms with van der Waals surface area (Å²) in [6, 6.07) is 0.762. The van der Waals surface area contributed by atoms with Crippen molar-refractivity contribution in [1.82, 2.24) is 15.5 Å². The molecule has 0 saturated carbocycles. The predicted octanol–water partition coefficient (Wildman–Crippen LogP) is 3.38. The maximum atomic E-state index is 9.38. The van der Waals surface area contributed by atoms with Crippen LogP contribution >= 0.6 is 0 Å². The number of aliphatic imine (C=N–C) groups is 1. The number of aliphatic hydroxyl groups excluding tert-OH is 1. The molecule has 154 valence electrons. The molecule has 0 radical (unpaired) electrons. The van der Waals surface area contributed by atoms with Crippen molar-refractivity contribution in [2.24, 2.45) is 10.4 Å². The molecule has 1 unspecified atom stereocenters. The van der Waals surface area contributed by atoms with E-state index in [4.69, 9.17) is 4.99 Å². The van der Waals surface area contributed by atoms with Crippen LogP contribution in [0.2, 0.25) is 0 Å². The van der Waals surface area contributed by atoms with Gasteiger partial charge in [-0.05, 0) is 77.3 Å². The van der Waals surface area contributed by atoms with Crippen LogP contribution in [0.1, 0.15) is 79.1 Å². The Balaban J connectivity index is 2.37. The molecule has 0 aromatic heterocycles. The average molecular weight is 369 g/mol. The lowest BCUT2D eigenvalue weighted by molar-refractivity contribution is 0.158. The second-order valence-electron chi connectivity index (χ2n) is 7.89. The van der Waals surface area contributed by atoms with Crippen LogP contribution in [0, 0.1) is 5.41 Å². The second-order valence-corrected chi connectivity index (χ2v) is 7.89. The molecular formula is C21H44N4O. The molecule has 1 aliphatic rings. The molecule has 0 aliphatic carbocycles. The summed E-state index contributed by atoms with van der Waals surface area (Å²) in [6.45, 7) is 14.3. The van der Waals surface area contributed by atoms with Crippen molar-refractivity contribution in [3.63, 3.8) is 0 Å². The van der Waals surface area contributed by atoms with Crippen LogP contribution in [0.25, 0.3) is 0 Å². The monoisotopic (exact) mass is 368 g/mol. The molecule has 0 aromatic rings. The molecule has 3 N–H and O–H groups in total. The smallest absolute Gasteiger partial charge is 0.191 e. The molecule has 26 heavy (non-hydrogen) atoms. The fraction of sp³-hybridized carbons (Fsp3) is 0.952. The number of likely N-dealkylation sites (tertiary alicyclic amines) is 1. The Bertz CT molecular complexity index is 382. The largest absolute Gasteiger partial charge is 0.396 e. The highest BCUT2D eigenvalue weighted by atomic mass is 16.3. The number of piperidine rings is 1. The van der Waals surface area contributed by atoms with E-state index in [1.54, 1.807) is 0 Å². The molecule has 5 heteroatoms. The maximum Gasteiger partial charge on any atom is 0.191 e. The Labute approximate surface area is 162 Å². The molecule has 0 spiro atoms. The van der Waals surface area contributed by atoms with Gasteiger partial charge in [-0.3, -0.25) is 4.99 Å². The zero-order valence-corrected chi connectivity index (χ0v) is 17.8. The first-order chi connectivity index (χ1) is 12.6. The molecule has 1 heterocycles. The number of nitrogens with one attached hydrogen (secondary N) is 2. The first kappa shape index (κ1) is 23.2. The molecule has 5 nitrogen and oxygen atoms in total. The first-order valence-electron chi connectivity index (χ1n) is 11.0. The molecule has 0 aromatic carbocycles. The van der Waals surface area contributed by atoms with Crippen molar-refractivity contribution >= 4 is 5.96 Å². The average Bonchev–Trinajstić information content (AvgIpc) is 2.66. The van der Waals surface area contributed by atoms with Crippen LogP contribution in [0.15, 0.2) is 4.99 Å². The van der Waals surface area contributed by atoms with E-state index in [-0.39, 0.29) is 12.0 Å². The summed E-state index contributed by atoms with van der Waals surface area (Å²) < 4.78 is 0. The Morgan fingerprint density at radius 2 is 1.92 bits per heavy atom. The third-order valence-corrected chi connectivity index (χ3v) is 6.16. The maximum absolute atomic E-state index is 9.38. The summed E-state index contributed by atoms with van der Waals surface area (Å²) in [5.74, 6) is 0.919. The van der Waals surface area contributed by atoms with Gasteiger partial charge in [0.2, 0.25) is 0 Å². The van der Waals surface area contributed by atoms with Gasteiger partial charge in [0.1, 0.15) is 0 Å². The fourth-order valence-corrected chi connectivity index (χ4v) is 3.87. The topological polar surface area (TPSA) is 59.9 Å². The Hall–Kier alpha value is -0.810. The van der Waals surface area contributed by atoms with Gasteiger partial charge in [-0.1, -0.05) is 20.3 Å². The van der Waals surface area contributed by atoms with Crippen molar-refractivity contribution in [2.75, 3.05) is 39.3 Å². The van der Waals surface area contributed by atoms with Gasteiger partial charge in [-0.2, -0.15) is 0 Å². The molecule has 1 rings (SSSR count). The lowest BCUT2D eigenvalue weighted by Crippen LogP contribution is -2.40. The standard InChI is InChI=1S/C21H44N4O/c1-5-21(6-2,13-17-26)18-24-20(22-7-3)23-14-9-11-16-25-15-10-8-12-19(25)4/h19,26H,5-18H2,1-4H3,(H2,22,23,24). The van der Waals surface area contributed by atoms with Crippen LogP contribution in [0.5, 0.6) is 0 Å². The van der Waals surface area contributed by atoms with Crippen molar-refractivity contribution in [3.05, 3.63) is 0 Å². The Kier molecular flexibility index (Phi) is 11.9. The fourth-order valence-electron chi connectivity index (χ4n) is 3.87. The zero-order valence-electron chi connectivity index (χ0n) is 17.8. The predicted molar refractivity (Wildman–Crippen MR) is 113 cm³/mol. The van der Waals surface area contributed by atoms with Gasteiger partial charge < -0.3 is 20.6 Å². The summed E-state index contributed by atoms with van der Waals surface area (Å²) in [7, 11) is 0. The molecule has 1 fully saturated rings. The van der Waals surface area contributed by atoms with E-state index in [2.05, 4.69) is 43.2 Å². The van der Waals surface area contributed by atoms with E-state index < -0.39 is 0 Å². The van der Waals surface area contributed by atoms with Gasteiger partial charge in [-0.15, -0.1) is 0 Å². The number of aliphatic hydroxyl groups is 1. The van der Waals surface area contributed by atoms with E-state index >= 15 is 0 Å². The highest BCUT2D eigenvalue weighted by Gasteiger charge is 2.25. The van der Waals surface area contributed by atoms with Crippen LogP contribution in [0.4, 0.5) is 0 Å². The van der Waals surface area contributed by atoms with Gasteiger partial charge in [-0.25, -0.2) is 0 Å². The number of unbranched alkanes of at least 4 members (excludes halogenated alkanes) is 1. The van der Waals surface area contributed by atoms with Gasteiger partial charge in [0, 0.05) is 32.3 Å². The molecule has 1 saturated heterocycles. The van der Waals surface area contributed by atoms with Crippen molar-refractivity contribution < 1.29 is 5.11 Å². The van der Waals surface area contributed by atoms with E-state index in [0.29, 0.717) is 0 Å². The minimum absolute atomic E-state index is 0.126. The summed E-state index contributed by atoms with van der Waals surface area (Å²) in [4.78, 5) is 7.47. The lowest BCUT2D eigenvalue weighted by atomic mass is 9.79. The highest BCUT2D eigenvalue weighted by Crippen LogP contribution is 2.30. The van der Waals surface area contributed by atoms with Crippen LogP contribution in [-0.2, 0) is 0 Å². The summed E-state index contributed by atoms with van der Waals surface area (Å²) >= 11 is 0. The number of hydrogen-bond acceptors (Lipinski definition) is 3. The van der Waals surface area contributed by atoms with Gasteiger partial charge in [0.15, 0.2) is 5.96 Å². The van der Waals surface area contributed by atoms with E-state index in [9.17, 15) is 5.11 Å². The van der Waals surface area contributed by atoms with E-state index in [0.717, 1.165) is 50.9 Å². The SMILES string of the molecule is CCNC(=NCC(CC)(CC)CCO)NCCCCN1CCCCC1C. The molecule has 1 aliphatic heterocycles. The van der Waals surface area contributed by atoms with Crippen molar-refractivity contribution in [1.29, 1.82) is 0 Å².